The topological polar surface area (TPSA) is 34.0 Å². The average molecular weight is 285 g/mol. The molecule has 108 valence electrons. The summed E-state index contributed by atoms with van der Waals surface area (Å²) in [7, 11) is 0. The molecule has 1 fully saturated rings. The lowest BCUT2D eigenvalue weighted by atomic mass is 9.95. The normalized spacial score (nSPS) is 21.2. The van der Waals surface area contributed by atoms with Crippen LogP contribution in [-0.4, -0.2) is 38.6 Å². The van der Waals surface area contributed by atoms with Crippen molar-refractivity contribution < 1.29 is 0 Å². The van der Waals surface area contributed by atoms with Crippen LogP contribution in [0.4, 0.5) is 0 Å². The monoisotopic (exact) mass is 284 g/mol. The van der Waals surface area contributed by atoms with E-state index in [1.165, 1.54) is 19.4 Å². The van der Waals surface area contributed by atoms with Gasteiger partial charge in [0, 0.05) is 19.0 Å². The second-order valence-corrected chi connectivity index (χ2v) is 6.35. The predicted octanol–water partition coefficient (Wildman–Crippen LogP) is 2.78. The highest BCUT2D eigenvalue weighted by Gasteiger charge is 2.21. The van der Waals surface area contributed by atoms with Gasteiger partial charge in [0.25, 0.3) is 0 Å². The number of hydrogen-bond acceptors (Lipinski definition) is 3. The minimum absolute atomic E-state index is 0.603. The number of aromatic nitrogens is 3. The van der Waals surface area contributed by atoms with Crippen LogP contribution in [0.25, 0.3) is 0 Å². The van der Waals surface area contributed by atoms with Crippen LogP contribution in [0.2, 0.25) is 0 Å². The molecule has 1 aromatic heterocycles. The molecule has 2 rings (SSSR count). The van der Waals surface area contributed by atoms with E-state index in [0.29, 0.717) is 5.92 Å². The molecule has 0 spiro atoms. The van der Waals surface area contributed by atoms with Crippen LogP contribution in [0.5, 0.6) is 0 Å². The zero-order valence-electron chi connectivity index (χ0n) is 12.1. The lowest BCUT2D eigenvalue weighted by Crippen LogP contribution is -2.36. The lowest BCUT2D eigenvalue weighted by molar-refractivity contribution is 0.159. The van der Waals surface area contributed by atoms with Crippen molar-refractivity contribution in [3.8, 4) is 0 Å². The second kappa shape index (κ2) is 7.25. The largest absolute Gasteiger partial charge is 0.296 e. The van der Waals surface area contributed by atoms with E-state index in [-0.39, 0.29) is 0 Å². The summed E-state index contributed by atoms with van der Waals surface area (Å²) in [5.41, 5.74) is 0. The van der Waals surface area contributed by atoms with Gasteiger partial charge in [0.2, 0.25) is 0 Å². The molecule has 0 bridgehead atoms. The highest BCUT2D eigenvalue weighted by Crippen LogP contribution is 2.21. The van der Waals surface area contributed by atoms with Crippen molar-refractivity contribution in [1.29, 1.82) is 0 Å². The standard InChI is InChI=1S/C14H25ClN4/c1-12(2)8-19-14(16-11-17-19)10-18-7-3-4-13(9-18)5-6-15/h11-13H,3-10H2,1-2H3. The maximum atomic E-state index is 5.86. The van der Waals surface area contributed by atoms with E-state index in [9.17, 15) is 0 Å². The van der Waals surface area contributed by atoms with Crippen molar-refractivity contribution in [3.05, 3.63) is 12.2 Å². The highest BCUT2D eigenvalue weighted by molar-refractivity contribution is 6.17. The molecule has 0 amide bonds. The number of rotatable bonds is 6. The van der Waals surface area contributed by atoms with E-state index in [1.54, 1.807) is 6.33 Å². The van der Waals surface area contributed by atoms with E-state index in [0.717, 1.165) is 43.7 Å². The maximum Gasteiger partial charge on any atom is 0.141 e. The third-order valence-electron chi connectivity index (χ3n) is 3.72. The molecule has 4 nitrogen and oxygen atoms in total. The van der Waals surface area contributed by atoms with Crippen LogP contribution in [0, 0.1) is 11.8 Å². The van der Waals surface area contributed by atoms with E-state index < -0.39 is 0 Å². The number of piperidine rings is 1. The van der Waals surface area contributed by atoms with Gasteiger partial charge in [-0.2, -0.15) is 5.10 Å². The van der Waals surface area contributed by atoms with Crippen molar-refractivity contribution in [1.82, 2.24) is 19.7 Å². The van der Waals surface area contributed by atoms with Gasteiger partial charge in [0.1, 0.15) is 12.2 Å². The number of likely N-dealkylation sites (tertiary alicyclic amines) is 1. The van der Waals surface area contributed by atoms with Crippen molar-refractivity contribution >= 4 is 11.6 Å². The quantitative estimate of drug-likeness (QED) is 0.753. The van der Waals surface area contributed by atoms with Gasteiger partial charge in [-0.25, -0.2) is 9.67 Å². The van der Waals surface area contributed by atoms with Crippen LogP contribution < -0.4 is 0 Å². The summed E-state index contributed by atoms with van der Waals surface area (Å²) >= 11 is 5.86. The molecular formula is C14H25ClN4. The Hall–Kier alpha value is -0.610. The first-order valence-corrected chi connectivity index (χ1v) is 7.87. The summed E-state index contributed by atoms with van der Waals surface area (Å²) in [5.74, 6) is 3.24. The Morgan fingerprint density at radius 1 is 1.47 bits per heavy atom. The van der Waals surface area contributed by atoms with Crippen LogP contribution >= 0.6 is 11.6 Å². The van der Waals surface area contributed by atoms with E-state index in [1.807, 2.05) is 0 Å². The fourth-order valence-electron chi connectivity index (χ4n) is 2.79. The Bertz CT molecular complexity index is 375. The van der Waals surface area contributed by atoms with Gasteiger partial charge in [-0.1, -0.05) is 13.8 Å². The fourth-order valence-corrected chi connectivity index (χ4v) is 3.10. The molecule has 0 saturated carbocycles. The van der Waals surface area contributed by atoms with Crippen molar-refractivity contribution in [2.45, 2.75) is 46.2 Å². The first-order chi connectivity index (χ1) is 9.19. The van der Waals surface area contributed by atoms with Gasteiger partial charge < -0.3 is 0 Å². The summed E-state index contributed by atoms with van der Waals surface area (Å²) in [6, 6.07) is 0. The van der Waals surface area contributed by atoms with Gasteiger partial charge >= 0.3 is 0 Å². The van der Waals surface area contributed by atoms with Crippen LogP contribution in [0.1, 0.15) is 38.9 Å². The fraction of sp³-hybridized carbons (Fsp3) is 0.857. The summed E-state index contributed by atoms with van der Waals surface area (Å²) in [6.07, 6.45) is 5.41. The van der Waals surface area contributed by atoms with Crippen molar-refractivity contribution in [3.63, 3.8) is 0 Å². The molecule has 2 heterocycles. The molecule has 1 unspecified atom stereocenters. The smallest absolute Gasteiger partial charge is 0.141 e. The highest BCUT2D eigenvalue weighted by atomic mass is 35.5. The predicted molar refractivity (Wildman–Crippen MR) is 78.2 cm³/mol. The van der Waals surface area contributed by atoms with Crippen molar-refractivity contribution in [2.75, 3.05) is 19.0 Å². The zero-order chi connectivity index (χ0) is 13.7. The average Bonchev–Trinajstić information content (AvgIpc) is 2.77. The summed E-state index contributed by atoms with van der Waals surface area (Å²) in [6.45, 7) is 8.63. The molecule has 1 aliphatic rings. The maximum absolute atomic E-state index is 5.86. The Kier molecular flexibility index (Phi) is 5.64. The molecule has 1 aliphatic heterocycles. The number of halogens is 1. The van der Waals surface area contributed by atoms with Gasteiger partial charge in [0.15, 0.2) is 0 Å². The first kappa shape index (κ1) is 14.8. The Morgan fingerprint density at radius 3 is 3.05 bits per heavy atom. The molecule has 19 heavy (non-hydrogen) atoms. The molecular weight excluding hydrogens is 260 g/mol. The van der Waals surface area contributed by atoms with E-state index >= 15 is 0 Å². The van der Waals surface area contributed by atoms with E-state index in [2.05, 4.69) is 33.5 Å². The van der Waals surface area contributed by atoms with Gasteiger partial charge in [-0.3, -0.25) is 4.90 Å². The van der Waals surface area contributed by atoms with Crippen molar-refractivity contribution in [2.24, 2.45) is 11.8 Å². The molecule has 0 aromatic carbocycles. The van der Waals surface area contributed by atoms with E-state index in [4.69, 9.17) is 11.6 Å². The lowest BCUT2D eigenvalue weighted by Gasteiger charge is -2.32. The van der Waals surface area contributed by atoms with Gasteiger partial charge in [-0.15, -0.1) is 11.6 Å². The summed E-state index contributed by atoms with van der Waals surface area (Å²) in [5, 5.41) is 4.33. The molecule has 1 saturated heterocycles. The summed E-state index contributed by atoms with van der Waals surface area (Å²) in [4.78, 5) is 6.92. The van der Waals surface area contributed by atoms with Crippen LogP contribution in [0.15, 0.2) is 6.33 Å². The molecule has 1 aromatic rings. The number of nitrogens with zero attached hydrogens (tertiary/aromatic N) is 4. The minimum atomic E-state index is 0.603. The minimum Gasteiger partial charge on any atom is -0.296 e. The molecule has 1 atom stereocenters. The first-order valence-electron chi connectivity index (χ1n) is 7.34. The Morgan fingerprint density at radius 2 is 2.32 bits per heavy atom. The Labute approximate surface area is 121 Å². The second-order valence-electron chi connectivity index (χ2n) is 5.97. The molecule has 0 aliphatic carbocycles. The van der Waals surface area contributed by atoms with Gasteiger partial charge in [0.05, 0.1) is 6.54 Å². The molecule has 5 heteroatoms. The third kappa shape index (κ3) is 4.46. The third-order valence-corrected chi connectivity index (χ3v) is 3.94. The van der Waals surface area contributed by atoms with Gasteiger partial charge in [-0.05, 0) is 37.6 Å². The number of hydrogen-bond donors (Lipinski definition) is 0. The zero-order valence-corrected chi connectivity index (χ0v) is 12.8. The Balaban J connectivity index is 1.91. The van der Waals surface area contributed by atoms with Crippen LogP contribution in [0.3, 0.4) is 0 Å². The van der Waals surface area contributed by atoms with Crippen LogP contribution in [-0.2, 0) is 13.1 Å². The SMILES string of the molecule is CC(C)Cn1ncnc1CN1CCCC(CCCl)C1. The number of alkyl halides is 1. The summed E-state index contributed by atoms with van der Waals surface area (Å²) < 4.78 is 2.05. The molecule has 0 radical (unpaired) electrons. The molecule has 0 N–H and O–H groups in total.